The van der Waals surface area contributed by atoms with E-state index in [1.807, 2.05) is 0 Å². The van der Waals surface area contributed by atoms with Crippen LogP contribution in [-0.2, 0) is 0 Å². The second-order valence-corrected chi connectivity index (χ2v) is 2.08. The van der Waals surface area contributed by atoms with E-state index in [9.17, 15) is 4.39 Å². The molecule has 1 heteroatoms. The van der Waals surface area contributed by atoms with E-state index in [1.54, 1.807) is 19.1 Å². The molecule has 1 rings (SSSR count). The molecule has 0 aliphatic carbocycles. The van der Waals surface area contributed by atoms with Crippen LogP contribution in [0.3, 0.4) is 0 Å². The summed E-state index contributed by atoms with van der Waals surface area (Å²) in [6, 6.07) is 4.80. The lowest BCUT2D eigenvalue weighted by molar-refractivity contribution is 0.623. The van der Waals surface area contributed by atoms with Gasteiger partial charge in [0.2, 0.25) is 0 Å². The van der Waals surface area contributed by atoms with Crippen molar-refractivity contribution in [1.29, 1.82) is 0 Å². The minimum Gasteiger partial charge on any atom is -0.206 e. The fraction of sp³-hybridized carbons (Fsp3) is 0.111. The highest BCUT2D eigenvalue weighted by molar-refractivity contribution is 5.39. The average Bonchev–Trinajstić information content (AvgIpc) is 1.88. The van der Waals surface area contributed by atoms with Crippen LogP contribution in [-0.4, -0.2) is 0 Å². The first-order valence-electron chi connectivity index (χ1n) is 2.97. The predicted octanol–water partition coefficient (Wildman–Crippen LogP) is 2.12. The maximum atomic E-state index is 12.7. The Morgan fingerprint density at radius 3 is 2.60 bits per heavy atom. The first-order valence-corrected chi connectivity index (χ1v) is 2.97. The fourth-order valence-electron chi connectivity index (χ4n) is 0.815. The number of rotatable bonds is 0. The molecule has 10 heavy (non-hydrogen) atoms. The smallest absolute Gasteiger partial charge is 0.139 e. The van der Waals surface area contributed by atoms with E-state index >= 15 is 0 Å². The third-order valence-electron chi connectivity index (χ3n) is 1.37. The Morgan fingerprint density at radius 1 is 1.50 bits per heavy atom. The zero-order valence-corrected chi connectivity index (χ0v) is 5.69. The fourth-order valence-corrected chi connectivity index (χ4v) is 0.815. The monoisotopic (exact) mass is 134 g/mol. The summed E-state index contributed by atoms with van der Waals surface area (Å²) in [6.07, 6.45) is 5.06. The van der Waals surface area contributed by atoms with Crippen LogP contribution in [0, 0.1) is 25.1 Å². The van der Waals surface area contributed by atoms with Crippen LogP contribution < -0.4 is 0 Å². The van der Waals surface area contributed by atoms with Crippen molar-refractivity contribution in [2.45, 2.75) is 6.92 Å². The van der Waals surface area contributed by atoms with Crippen molar-refractivity contribution in [2.75, 3.05) is 0 Å². The number of halogens is 1. The molecule has 0 saturated carbocycles. The van der Waals surface area contributed by atoms with Crippen molar-refractivity contribution in [3.63, 3.8) is 0 Å². The Balaban J connectivity index is 3.34. The highest BCUT2D eigenvalue weighted by Crippen LogP contribution is 2.09. The molecule has 0 N–H and O–H groups in total. The number of terminal acetylenes is 1. The average molecular weight is 134 g/mol. The molecule has 0 unspecified atom stereocenters. The standard InChI is InChI=1S/C9H7F/c1-3-8-7(2)5-4-6-9(8)10/h1,4-6H,2H3. The van der Waals surface area contributed by atoms with Gasteiger partial charge in [0.1, 0.15) is 5.82 Å². The van der Waals surface area contributed by atoms with Gasteiger partial charge in [-0.25, -0.2) is 4.39 Å². The molecule has 0 fully saturated rings. The molecule has 0 nitrogen and oxygen atoms in total. The van der Waals surface area contributed by atoms with E-state index in [4.69, 9.17) is 6.42 Å². The second kappa shape index (κ2) is 2.53. The largest absolute Gasteiger partial charge is 0.206 e. The normalized spacial score (nSPS) is 8.90. The molecule has 0 bridgehead atoms. The topological polar surface area (TPSA) is 0 Å². The molecule has 0 aliphatic heterocycles. The number of hydrogen-bond donors (Lipinski definition) is 0. The minimum atomic E-state index is -0.317. The Bertz CT molecular complexity index is 261. The van der Waals surface area contributed by atoms with Crippen molar-refractivity contribution >= 4 is 0 Å². The van der Waals surface area contributed by atoms with Crippen LogP contribution in [0.5, 0.6) is 0 Å². The number of benzene rings is 1. The van der Waals surface area contributed by atoms with Crippen LogP contribution in [0.2, 0.25) is 0 Å². The van der Waals surface area contributed by atoms with Gasteiger partial charge in [-0.3, -0.25) is 0 Å². The summed E-state index contributed by atoms with van der Waals surface area (Å²) < 4.78 is 12.7. The van der Waals surface area contributed by atoms with Gasteiger partial charge in [0.15, 0.2) is 0 Å². The summed E-state index contributed by atoms with van der Waals surface area (Å²) in [5.74, 6) is 1.97. The Labute approximate surface area is 59.7 Å². The molecular formula is C9H7F. The summed E-state index contributed by atoms with van der Waals surface area (Å²) in [7, 11) is 0. The Hall–Kier alpha value is -1.29. The summed E-state index contributed by atoms with van der Waals surface area (Å²) in [5.41, 5.74) is 1.17. The van der Waals surface area contributed by atoms with Crippen molar-refractivity contribution in [1.82, 2.24) is 0 Å². The molecule has 1 aromatic rings. The molecule has 0 saturated heterocycles. The van der Waals surface area contributed by atoms with Gasteiger partial charge in [-0.1, -0.05) is 18.1 Å². The first-order chi connectivity index (χ1) is 4.75. The quantitative estimate of drug-likeness (QED) is 0.477. The van der Waals surface area contributed by atoms with Gasteiger partial charge < -0.3 is 0 Å². The van der Waals surface area contributed by atoms with Crippen LogP contribution in [0.25, 0.3) is 0 Å². The lowest BCUT2D eigenvalue weighted by atomic mass is 10.1. The van der Waals surface area contributed by atoms with Gasteiger partial charge in [0.05, 0.1) is 5.56 Å². The summed E-state index contributed by atoms with van der Waals surface area (Å²) in [4.78, 5) is 0. The van der Waals surface area contributed by atoms with E-state index < -0.39 is 0 Å². The highest BCUT2D eigenvalue weighted by Gasteiger charge is 1.99. The van der Waals surface area contributed by atoms with Crippen LogP contribution >= 0.6 is 0 Å². The van der Waals surface area contributed by atoms with Crippen LogP contribution in [0.4, 0.5) is 4.39 Å². The first kappa shape index (κ1) is 6.82. The molecule has 1 aromatic carbocycles. The zero-order chi connectivity index (χ0) is 7.56. The van der Waals surface area contributed by atoms with E-state index in [2.05, 4.69) is 5.92 Å². The summed E-state index contributed by atoms with van der Waals surface area (Å²) >= 11 is 0. The lowest BCUT2D eigenvalue weighted by Gasteiger charge is -1.96. The zero-order valence-electron chi connectivity index (χ0n) is 5.69. The van der Waals surface area contributed by atoms with Gasteiger partial charge >= 0.3 is 0 Å². The highest BCUT2D eigenvalue weighted by atomic mass is 19.1. The maximum Gasteiger partial charge on any atom is 0.139 e. The summed E-state index contributed by atoms with van der Waals surface area (Å²) in [5, 5.41) is 0. The molecule has 0 heterocycles. The lowest BCUT2D eigenvalue weighted by Crippen LogP contribution is -1.86. The molecular weight excluding hydrogens is 127 g/mol. The molecule has 0 aliphatic rings. The van der Waals surface area contributed by atoms with E-state index in [1.165, 1.54) is 6.07 Å². The van der Waals surface area contributed by atoms with Gasteiger partial charge in [0.25, 0.3) is 0 Å². The van der Waals surface area contributed by atoms with E-state index in [-0.39, 0.29) is 5.82 Å². The van der Waals surface area contributed by atoms with E-state index in [0.717, 1.165) is 5.56 Å². The second-order valence-electron chi connectivity index (χ2n) is 2.08. The summed E-state index contributed by atoms with van der Waals surface area (Å²) in [6.45, 7) is 1.79. The van der Waals surface area contributed by atoms with Crippen LogP contribution in [0.1, 0.15) is 11.1 Å². The molecule has 0 spiro atoms. The molecule has 0 aromatic heterocycles. The molecule has 50 valence electrons. The predicted molar refractivity (Wildman–Crippen MR) is 39.1 cm³/mol. The van der Waals surface area contributed by atoms with Crippen molar-refractivity contribution in [3.05, 3.63) is 35.1 Å². The van der Waals surface area contributed by atoms with Crippen molar-refractivity contribution in [2.24, 2.45) is 0 Å². The third kappa shape index (κ3) is 1.01. The van der Waals surface area contributed by atoms with Gasteiger partial charge in [-0.05, 0) is 18.6 Å². The maximum absolute atomic E-state index is 12.7. The van der Waals surface area contributed by atoms with Crippen LogP contribution in [0.15, 0.2) is 18.2 Å². The number of hydrogen-bond acceptors (Lipinski definition) is 0. The molecule has 0 atom stereocenters. The van der Waals surface area contributed by atoms with Gasteiger partial charge in [0, 0.05) is 0 Å². The molecule has 0 amide bonds. The van der Waals surface area contributed by atoms with Crippen molar-refractivity contribution in [3.8, 4) is 12.3 Å². The molecule has 0 radical (unpaired) electrons. The van der Waals surface area contributed by atoms with Gasteiger partial charge in [-0.15, -0.1) is 6.42 Å². The third-order valence-corrected chi connectivity index (χ3v) is 1.37. The Kier molecular flexibility index (Phi) is 1.73. The van der Waals surface area contributed by atoms with Gasteiger partial charge in [-0.2, -0.15) is 0 Å². The minimum absolute atomic E-state index is 0.317. The Morgan fingerprint density at radius 2 is 2.20 bits per heavy atom. The van der Waals surface area contributed by atoms with Crippen molar-refractivity contribution < 1.29 is 4.39 Å². The SMILES string of the molecule is C#Cc1c(C)cccc1F. The van der Waals surface area contributed by atoms with E-state index in [0.29, 0.717) is 5.56 Å². The number of aryl methyl sites for hydroxylation is 1.